The molecule has 0 aromatic heterocycles. The Morgan fingerprint density at radius 2 is 1.70 bits per heavy atom. The molecule has 0 radical (unpaired) electrons. The third-order valence-electron chi connectivity index (χ3n) is 1.95. The van der Waals surface area contributed by atoms with Crippen LogP contribution in [0.1, 0.15) is 33.6 Å². The van der Waals surface area contributed by atoms with E-state index in [1.807, 2.05) is 0 Å². The Morgan fingerprint density at radius 3 is 1.80 bits per heavy atom. The molecule has 0 rings (SSSR count). The summed E-state index contributed by atoms with van der Waals surface area (Å²) >= 11 is 0. The van der Waals surface area contributed by atoms with Gasteiger partial charge < -0.3 is 0 Å². The highest BCUT2D eigenvalue weighted by Crippen LogP contribution is 2.37. The smallest absolute Gasteiger partial charge is 0.0214 e. The molecule has 10 heavy (non-hydrogen) atoms. The zero-order chi connectivity index (χ0) is 8.15. The van der Waals surface area contributed by atoms with Crippen LogP contribution >= 0.6 is 7.92 Å². The molecule has 0 aromatic carbocycles. The summed E-state index contributed by atoms with van der Waals surface area (Å²) in [6, 6.07) is 0. The molecule has 0 fully saturated rings. The van der Waals surface area contributed by atoms with Crippen LogP contribution in [0.25, 0.3) is 0 Å². The van der Waals surface area contributed by atoms with Crippen LogP contribution in [0.2, 0.25) is 0 Å². The second kappa shape index (κ2) is 5.13. The first kappa shape index (κ1) is 10.4. The summed E-state index contributed by atoms with van der Waals surface area (Å²) in [6.45, 7) is 11.7. The summed E-state index contributed by atoms with van der Waals surface area (Å²) in [5.41, 5.74) is 1.01. The van der Waals surface area contributed by atoms with Crippen LogP contribution in [0, 0.1) is 5.92 Å². The van der Waals surface area contributed by atoms with Gasteiger partial charge in [-0.1, -0.05) is 20.8 Å². The lowest BCUT2D eigenvalue weighted by Crippen LogP contribution is -2.06. The fourth-order valence-corrected chi connectivity index (χ4v) is 2.86. The minimum absolute atomic E-state index is 0.303. The van der Waals surface area contributed by atoms with E-state index < -0.39 is 0 Å². The Bertz CT molecular complexity index is 76.8. The molecule has 0 amide bonds. The van der Waals surface area contributed by atoms with Gasteiger partial charge in [-0.25, -0.2) is 0 Å². The molecule has 0 nitrogen and oxygen atoms in total. The van der Waals surface area contributed by atoms with Crippen LogP contribution in [0.4, 0.5) is 0 Å². The van der Waals surface area contributed by atoms with Crippen molar-refractivity contribution in [3.05, 3.63) is 0 Å². The Labute approximate surface area is 67.2 Å². The van der Waals surface area contributed by atoms with Crippen molar-refractivity contribution in [1.82, 2.24) is 0 Å². The monoisotopic (exact) mass is 160 g/mol. The molecular formula is C9H21P. The molecule has 1 heteroatoms. The quantitative estimate of drug-likeness (QED) is 0.552. The van der Waals surface area contributed by atoms with Gasteiger partial charge in [0.15, 0.2) is 0 Å². The van der Waals surface area contributed by atoms with E-state index in [1.165, 1.54) is 12.8 Å². The molecule has 0 N–H and O–H groups in total. The van der Waals surface area contributed by atoms with Gasteiger partial charge in [0.1, 0.15) is 0 Å². The van der Waals surface area contributed by atoms with Crippen LogP contribution in [0.3, 0.4) is 0 Å². The van der Waals surface area contributed by atoms with Crippen molar-refractivity contribution in [1.29, 1.82) is 0 Å². The van der Waals surface area contributed by atoms with Gasteiger partial charge in [-0.05, 0) is 37.7 Å². The van der Waals surface area contributed by atoms with Crippen molar-refractivity contribution in [2.45, 2.75) is 39.3 Å². The molecule has 1 unspecified atom stereocenters. The van der Waals surface area contributed by atoms with E-state index in [0.717, 1.165) is 11.6 Å². The molecule has 62 valence electrons. The normalized spacial score (nSPS) is 14.7. The van der Waals surface area contributed by atoms with E-state index >= 15 is 0 Å². The highest BCUT2D eigenvalue weighted by atomic mass is 31.1. The maximum Gasteiger partial charge on any atom is -0.0214 e. The van der Waals surface area contributed by atoms with Crippen molar-refractivity contribution < 1.29 is 0 Å². The van der Waals surface area contributed by atoms with Crippen LogP contribution in [-0.4, -0.2) is 19.0 Å². The molecule has 0 saturated heterocycles. The summed E-state index contributed by atoms with van der Waals surface area (Å²) in [5.74, 6) is 0.884. The maximum absolute atomic E-state index is 2.39. The maximum atomic E-state index is 2.39. The predicted molar refractivity (Wildman–Crippen MR) is 52.3 cm³/mol. The lowest BCUT2D eigenvalue weighted by atomic mass is 10.1. The van der Waals surface area contributed by atoms with Gasteiger partial charge in [-0.2, -0.15) is 0 Å². The highest BCUT2D eigenvalue weighted by molar-refractivity contribution is 7.56. The van der Waals surface area contributed by atoms with Gasteiger partial charge in [0, 0.05) is 0 Å². The Hall–Kier alpha value is 0.430. The van der Waals surface area contributed by atoms with E-state index in [2.05, 4.69) is 34.1 Å². The van der Waals surface area contributed by atoms with Gasteiger partial charge in [0.2, 0.25) is 0 Å². The average Bonchev–Trinajstić information content (AvgIpc) is 1.81. The lowest BCUT2D eigenvalue weighted by molar-refractivity contribution is 0.556. The fourth-order valence-electron chi connectivity index (χ4n) is 1.29. The Morgan fingerprint density at radius 1 is 1.20 bits per heavy atom. The number of hydrogen-bond donors (Lipinski definition) is 0. The van der Waals surface area contributed by atoms with Crippen molar-refractivity contribution in [3.63, 3.8) is 0 Å². The summed E-state index contributed by atoms with van der Waals surface area (Å²) in [4.78, 5) is 0. The molecule has 0 aliphatic carbocycles. The van der Waals surface area contributed by atoms with E-state index in [-0.39, 0.29) is 0 Å². The fraction of sp³-hybridized carbons (Fsp3) is 1.00. The molecule has 0 spiro atoms. The Kier molecular flexibility index (Phi) is 5.35. The predicted octanol–water partition coefficient (Wildman–Crippen LogP) is 3.55. The second-order valence-electron chi connectivity index (χ2n) is 3.66. The molecule has 1 atom stereocenters. The molecule has 0 aliphatic rings. The first-order chi connectivity index (χ1) is 4.57. The molecule has 0 aliphatic heterocycles. The number of hydrogen-bond acceptors (Lipinski definition) is 0. The molecule has 0 saturated carbocycles. The van der Waals surface area contributed by atoms with Crippen LogP contribution in [-0.2, 0) is 0 Å². The van der Waals surface area contributed by atoms with Gasteiger partial charge in [-0.3, -0.25) is 0 Å². The zero-order valence-corrected chi connectivity index (χ0v) is 8.91. The van der Waals surface area contributed by atoms with E-state index in [4.69, 9.17) is 0 Å². The minimum Gasteiger partial charge on any atom is -0.110 e. The summed E-state index contributed by atoms with van der Waals surface area (Å²) in [5, 5.41) is 0. The van der Waals surface area contributed by atoms with Gasteiger partial charge in [0.05, 0.1) is 0 Å². The van der Waals surface area contributed by atoms with Gasteiger partial charge in [-0.15, -0.1) is 7.92 Å². The molecular weight excluding hydrogens is 139 g/mol. The first-order valence-corrected chi connectivity index (χ1v) is 6.54. The van der Waals surface area contributed by atoms with Crippen LogP contribution in [0.15, 0.2) is 0 Å². The summed E-state index contributed by atoms with van der Waals surface area (Å²) in [7, 11) is 0.303. The molecule has 0 heterocycles. The van der Waals surface area contributed by atoms with Crippen molar-refractivity contribution in [3.8, 4) is 0 Å². The zero-order valence-electron chi connectivity index (χ0n) is 8.02. The van der Waals surface area contributed by atoms with Crippen molar-refractivity contribution in [2.75, 3.05) is 13.3 Å². The summed E-state index contributed by atoms with van der Waals surface area (Å²) in [6.07, 6.45) is 2.80. The van der Waals surface area contributed by atoms with E-state index in [1.54, 1.807) is 0 Å². The third kappa shape index (κ3) is 4.28. The summed E-state index contributed by atoms with van der Waals surface area (Å²) < 4.78 is 0. The van der Waals surface area contributed by atoms with Crippen molar-refractivity contribution in [2.24, 2.45) is 5.92 Å². The standard InChI is InChI=1S/C9H21P/c1-6-9(10(4)5)7-8(2)3/h8-9H,6-7H2,1-5H3. The van der Waals surface area contributed by atoms with Crippen LogP contribution in [0.5, 0.6) is 0 Å². The largest absolute Gasteiger partial charge is 0.110 e. The molecule has 0 bridgehead atoms. The van der Waals surface area contributed by atoms with E-state index in [0.29, 0.717) is 7.92 Å². The molecule has 0 aromatic rings. The SMILES string of the molecule is CCC(CC(C)C)P(C)C. The first-order valence-electron chi connectivity index (χ1n) is 4.24. The lowest BCUT2D eigenvalue weighted by Gasteiger charge is -2.21. The topological polar surface area (TPSA) is 0 Å². The minimum atomic E-state index is 0.303. The van der Waals surface area contributed by atoms with E-state index in [9.17, 15) is 0 Å². The van der Waals surface area contributed by atoms with Gasteiger partial charge in [0.25, 0.3) is 0 Å². The average molecular weight is 160 g/mol. The van der Waals surface area contributed by atoms with Gasteiger partial charge >= 0.3 is 0 Å². The highest BCUT2D eigenvalue weighted by Gasteiger charge is 2.11. The Balaban J connectivity index is 3.60. The third-order valence-corrected chi connectivity index (χ3v) is 3.98. The second-order valence-corrected chi connectivity index (χ2v) is 6.31. The van der Waals surface area contributed by atoms with Crippen molar-refractivity contribution >= 4 is 7.92 Å². The van der Waals surface area contributed by atoms with Crippen LogP contribution < -0.4 is 0 Å². The number of rotatable bonds is 4.